The average molecular weight is 346 g/mol. The minimum absolute atomic E-state index is 0.494. The highest BCUT2D eigenvalue weighted by Gasteiger charge is 2.24. The molecule has 1 aliphatic carbocycles. The van der Waals surface area contributed by atoms with E-state index in [0.717, 1.165) is 12.5 Å². The van der Waals surface area contributed by atoms with Gasteiger partial charge in [-0.2, -0.15) is 0 Å². The van der Waals surface area contributed by atoms with Gasteiger partial charge in [0.15, 0.2) is 0 Å². The van der Waals surface area contributed by atoms with E-state index in [-0.39, 0.29) is 0 Å². The zero-order chi connectivity index (χ0) is 14.7. The van der Waals surface area contributed by atoms with Crippen molar-refractivity contribution in [2.45, 2.75) is 45.1 Å². The van der Waals surface area contributed by atoms with Crippen LogP contribution in [0.4, 0.5) is 0 Å². The Morgan fingerprint density at radius 2 is 1.90 bits per heavy atom. The molecule has 0 bridgehead atoms. The Morgan fingerprint density at radius 3 is 2.57 bits per heavy atom. The van der Waals surface area contributed by atoms with Gasteiger partial charge in [-0.25, -0.2) is 0 Å². The molecule has 0 saturated heterocycles. The van der Waals surface area contributed by atoms with Crippen molar-refractivity contribution in [1.82, 2.24) is 5.32 Å². The highest BCUT2D eigenvalue weighted by molar-refractivity contribution is 9.10. The maximum absolute atomic E-state index is 3.78. The van der Waals surface area contributed by atoms with Crippen LogP contribution in [-0.4, -0.2) is 6.54 Å². The van der Waals surface area contributed by atoms with Gasteiger partial charge in [0.25, 0.3) is 0 Å². The van der Waals surface area contributed by atoms with E-state index in [9.17, 15) is 0 Å². The van der Waals surface area contributed by atoms with E-state index in [2.05, 4.69) is 64.6 Å². The molecule has 1 fully saturated rings. The summed E-state index contributed by atoms with van der Waals surface area (Å²) in [6.45, 7) is 3.34. The molecule has 1 N–H and O–H groups in total. The van der Waals surface area contributed by atoms with Crippen LogP contribution >= 0.6 is 15.9 Å². The van der Waals surface area contributed by atoms with Crippen molar-refractivity contribution in [3.05, 3.63) is 46.4 Å². The van der Waals surface area contributed by atoms with Crippen molar-refractivity contribution in [1.29, 1.82) is 0 Å². The van der Waals surface area contributed by atoms with E-state index in [4.69, 9.17) is 0 Å². The molecule has 112 valence electrons. The monoisotopic (exact) mass is 345 g/mol. The summed E-state index contributed by atoms with van der Waals surface area (Å²) in [4.78, 5) is 0. The first-order chi connectivity index (χ1) is 10.3. The molecule has 0 aromatic heterocycles. The number of benzene rings is 2. The van der Waals surface area contributed by atoms with Gasteiger partial charge in [0.1, 0.15) is 0 Å². The number of rotatable bonds is 6. The minimum Gasteiger partial charge on any atom is -0.310 e. The second-order valence-electron chi connectivity index (χ2n) is 6.22. The predicted octanol–water partition coefficient (Wildman–Crippen LogP) is 5.83. The SMILES string of the molecule is CCCNC(CC1CCC1)c1ccc(Br)c2ccccc12. The topological polar surface area (TPSA) is 12.0 Å². The van der Waals surface area contributed by atoms with Crippen LogP contribution in [0.5, 0.6) is 0 Å². The Labute approximate surface area is 136 Å². The fraction of sp³-hybridized carbons (Fsp3) is 0.474. The van der Waals surface area contributed by atoms with Crippen LogP contribution in [0.25, 0.3) is 10.8 Å². The Kier molecular flexibility index (Phi) is 4.97. The van der Waals surface area contributed by atoms with Crippen LogP contribution in [0.15, 0.2) is 40.9 Å². The average Bonchev–Trinajstić information content (AvgIpc) is 2.47. The van der Waals surface area contributed by atoms with E-state index < -0.39 is 0 Å². The standard InChI is InChI=1S/C19H24BrN/c1-2-12-21-19(13-14-6-5-7-14)17-10-11-18(20)16-9-4-3-8-15(16)17/h3-4,8-11,14,19,21H,2,5-7,12-13H2,1H3. The molecule has 0 spiro atoms. The Balaban J connectivity index is 1.95. The van der Waals surface area contributed by atoms with Gasteiger partial charge in [0.05, 0.1) is 0 Å². The zero-order valence-electron chi connectivity index (χ0n) is 12.7. The molecule has 1 nitrogen and oxygen atoms in total. The van der Waals surface area contributed by atoms with Gasteiger partial charge in [-0.1, -0.05) is 72.4 Å². The third-order valence-electron chi connectivity index (χ3n) is 4.71. The van der Waals surface area contributed by atoms with Crippen LogP contribution in [0.3, 0.4) is 0 Å². The Bertz CT molecular complexity index is 604. The van der Waals surface area contributed by atoms with E-state index >= 15 is 0 Å². The lowest BCUT2D eigenvalue weighted by Gasteiger charge is -2.31. The third kappa shape index (κ3) is 3.32. The summed E-state index contributed by atoms with van der Waals surface area (Å²) < 4.78 is 1.19. The van der Waals surface area contributed by atoms with Gasteiger partial charge < -0.3 is 5.32 Å². The fourth-order valence-corrected chi connectivity index (χ4v) is 3.77. The molecule has 1 unspecified atom stereocenters. The number of halogens is 1. The molecule has 2 aromatic carbocycles. The van der Waals surface area contributed by atoms with Gasteiger partial charge in [0, 0.05) is 10.5 Å². The van der Waals surface area contributed by atoms with Crippen molar-refractivity contribution in [2.24, 2.45) is 5.92 Å². The van der Waals surface area contributed by atoms with Crippen molar-refractivity contribution < 1.29 is 0 Å². The van der Waals surface area contributed by atoms with Gasteiger partial charge in [-0.05, 0) is 47.7 Å². The second kappa shape index (κ2) is 6.93. The summed E-state index contributed by atoms with van der Waals surface area (Å²) in [6, 6.07) is 13.8. The molecule has 1 aliphatic rings. The molecule has 0 aliphatic heterocycles. The summed E-state index contributed by atoms with van der Waals surface area (Å²) in [6.07, 6.45) is 6.73. The third-order valence-corrected chi connectivity index (χ3v) is 5.41. The summed E-state index contributed by atoms with van der Waals surface area (Å²) >= 11 is 3.69. The van der Waals surface area contributed by atoms with Crippen LogP contribution in [0.1, 0.15) is 50.6 Å². The number of fused-ring (bicyclic) bond motifs is 1. The molecule has 2 aromatic rings. The predicted molar refractivity (Wildman–Crippen MR) is 94.6 cm³/mol. The summed E-state index contributed by atoms with van der Waals surface area (Å²) in [5, 5.41) is 6.50. The first-order valence-electron chi connectivity index (χ1n) is 8.20. The maximum atomic E-state index is 3.78. The van der Waals surface area contributed by atoms with Crippen LogP contribution < -0.4 is 5.32 Å². The summed E-state index contributed by atoms with van der Waals surface area (Å²) in [5.41, 5.74) is 1.47. The van der Waals surface area contributed by atoms with Crippen LogP contribution in [0.2, 0.25) is 0 Å². The highest BCUT2D eigenvalue weighted by Crippen LogP contribution is 2.37. The molecular formula is C19H24BrN. The van der Waals surface area contributed by atoms with E-state index in [1.807, 2.05) is 0 Å². The quantitative estimate of drug-likeness (QED) is 0.693. The van der Waals surface area contributed by atoms with E-state index in [1.165, 1.54) is 52.9 Å². The van der Waals surface area contributed by atoms with Crippen molar-refractivity contribution >= 4 is 26.7 Å². The lowest BCUT2D eigenvalue weighted by Crippen LogP contribution is -2.26. The van der Waals surface area contributed by atoms with Gasteiger partial charge >= 0.3 is 0 Å². The molecule has 2 heteroatoms. The molecule has 3 rings (SSSR count). The highest BCUT2D eigenvalue weighted by atomic mass is 79.9. The largest absolute Gasteiger partial charge is 0.310 e. The zero-order valence-corrected chi connectivity index (χ0v) is 14.3. The Morgan fingerprint density at radius 1 is 1.14 bits per heavy atom. The maximum Gasteiger partial charge on any atom is 0.0329 e. The van der Waals surface area contributed by atoms with Crippen molar-refractivity contribution in [3.63, 3.8) is 0 Å². The van der Waals surface area contributed by atoms with Crippen LogP contribution in [-0.2, 0) is 0 Å². The summed E-state index contributed by atoms with van der Waals surface area (Å²) in [7, 11) is 0. The lowest BCUT2D eigenvalue weighted by molar-refractivity contribution is 0.262. The lowest BCUT2D eigenvalue weighted by atomic mass is 9.79. The molecular weight excluding hydrogens is 322 g/mol. The van der Waals surface area contributed by atoms with Crippen molar-refractivity contribution in [3.8, 4) is 0 Å². The van der Waals surface area contributed by atoms with E-state index in [1.54, 1.807) is 0 Å². The van der Waals surface area contributed by atoms with Gasteiger partial charge in [0.2, 0.25) is 0 Å². The smallest absolute Gasteiger partial charge is 0.0329 e. The number of hydrogen-bond donors (Lipinski definition) is 1. The molecule has 21 heavy (non-hydrogen) atoms. The first kappa shape index (κ1) is 15.1. The minimum atomic E-state index is 0.494. The second-order valence-corrected chi connectivity index (χ2v) is 7.08. The van der Waals surface area contributed by atoms with Crippen LogP contribution in [0, 0.1) is 5.92 Å². The van der Waals surface area contributed by atoms with Gasteiger partial charge in [-0.15, -0.1) is 0 Å². The molecule has 1 saturated carbocycles. The Hall–Kier alpha value is -0.860. The number of nitrogens with one attached hydrogen (secondary N) is 1. The van der Waals surface area contributed by atoms with Crippen molar-refractivity contribution in [2.75, 3.05) is 6.54 Å². The normalized spacial score (nSPS) is 16.9. The number of hydrogen-bond acceptors (Lipinski definition) is 1. The summed E-state index contributed by atoms with van der Waals surface area (Å²) in [5.74, 6) is 0.918. The molecule has 0 heterocycles. The van der Waals surface area contributed by atoms with E-state index in [0.29, 0.717) is 6.04 Å². The van der Waals surface area contributed by atoms with Gasteiger partial charge in [-0.3, -0.25) is 0 Å². The first-order valence-corrected chi connectivity index (χ1v) is 8.99. The molecule has 1 atom stereocenters. The fourth-order valence-electron chi connectivity index (χ4n) is 3.29. The molecule has 0 radical (unpaired) electrons. The molecule has 0 amide bonds.